The van der Waals surface area contributed by atoms with E-state index >= 15 is 0 Å². The second-order valence-corrected chi connectivity index (χ2v) is 12.7. The Kier molecular flexibility index (Phi) is 10.2. The van der Waals surface area contributed by atoms with Crippen LogP contribution in [0.25, 0.3) is 11.0 Å². The Morgan fingerprint density at radius 2 is 1.47 bits per heavy atom. The number of halogens is 1. The molecule has 4 heterocycles. The van der Waals surface area contributed by atoms with Crippen LogP contribution in [0.4, 0.5) is 0 Å². The summed E-state index contributed by atoms with van der Waals surface area (Å²) in [5.41, 5.74) is 7.52. The Balaban J connectivity index is 0.00000329. The predicted octanol–water partition coefficient (Wildman–Crippen LogP) is 5.92. The lowest BCUT2D eigenvalue weighted by Gasteiger charge is -2.34. The molecule has 228 valence electrons. The summed E-state index contributed by atoms with van der Waals surface area (Å²) in [5.74, 6) is 1.02. The van der Waals surface area contributed by atoms with Gasteiger partial charge in [-0.05, 0) is 92.9 Å². The molecule has 7 rings (SSSR count). The molecule has 3 atom stereocenters. The Morgan fingerprint density at radius 3 is 2.16 bits per heavy atom. The molecule has 3 unspecified atom stereocenters. The molecule has 43 heavy (non-hydrogen) atoms. The molecule has 7 nitrogen and oxygen atoms in total. The van der Waals surface area contributed by atoms with Crippen molar-refractivity contribution in [1.82, 2.24) is 35.4 Å². The highest BCUT2D eigenvalue weighted by atomic mass is 79.9. The molecule has 2 fully saturated rings. The molecule has 2 aliphatic heterocycles. The van der Waals surface area contributed by atoms with E-state index in [1.807, 2.05) is 6.20 Å². The van der Waals surface area contributed by atoms with Crippen molar-refractivity contribution in [3.05, 3.63) is 95.1 Å². The number of fused-ring (bicyclic) bond motifs is 2. The van der Waals surface area contributed by atoms with Gasteiger partial charge in [0.15, 0.2) is 0 Å². The molecule has 2 aromatic carbocycles. The lowest BCUT2D eigenvalue weighted by Crippen LogP contribution is -2.43. The van der Waals surface area contributed by atoms with Crippen molar-refractivity contribution in [1.29, 1.82) is 0 Å². The number of aryl methyl sites for hydroxylation is 1. The summed E-state index contributed by atoms with van der Waals surface area (Å²) in [7, 11) is 0. The van der Waals surface area contributed by atoms with E-state index in [-0.39, 0.29) is 23.0 Å². The fourth-order valence-electron chi connectivity index (χ4n) is 7.38. The molecule has 3 N–H and O–H groups in total. The Morgan fingerprint density at radius 1 is 0.744 bits per heavy atom. The number of benzene rings is 2. The monoisotopic (exact) mass is 643 g/mol. The highest BCUT2D eigenvalue weighted by Crippen LogP contribution is 2.35. The van der Waals surface area contributed by atoms with E-state index in [4.69, 9.17) is 9.97 Å². The molecule has 2 aromatic heterocycles. The van der Waals surface area contributed by atoms with Crippen LogP contribution in [0.1, 0.15) is 72.8 Å². The van der Waals surface area contributed by atoms with Gasteiger partial charge >= 0.3 is 0 Å². The van der Waals surface area contributed by atoms with E-state index in [0.717, 1.165) is 62.4 Å². The van der Waals surface area contributed by atoms with Gasteiger partial charge in [-0.25, -0.2) is 4.98 Å². The van der Waals surface area contributed by atoms with E-state index in [1.54, 1.807) is 0 Å². The molecule has 0 radical (unpaired) electrons. The van der Waals surface area contributed by atoms with Crippen LogP contribution in [0.5, 0.6) is 0 Å². The van der Waals surface area contributed by atoms with Crippen LogP contribution >= 0.6 is 17.0 Å². The zero-order chi connectivity index (χ0) is 28.1. The van der Waals surface area contributed by atoms with Gasteiger partial charge in [0.2, 0.25) is 0 Å². The number of para-hydroxylation sites is 2. The van der Waals surface area contributed by atoms with Crippen LogP contribution in [0.15, 0.2) is 66.9 Å². The quantitative estimate of drug-likeness (QED) is 0.188. The maximum Gasteiger partial charge on any atom is 0.121 e. The molecule has 3 aliphatic rings. The number of nitrogens with one attached hydrogen (secondary N) is 3. The Hall–Kier alpha value is -2.62. The van der Waals surface area contributed by atoms with Crippen LogP contribution in [-0.4, -0.2) is 63.0 Å². The number of aromatic amines is 1. The van der Waals surface area contributed by atoms with Gasteiger partial charge in [-0.3, -0.25) is 14.8 Å². The van der Waals surface area contributed by atoms with Gasteiger partial charge in [-0.2, -0.15) is 0 Å². The molecule has 4 aromatic rings. The molecule has 0 bridgehead atoms. The smallest absolute Gasteiger partial charge is 0.121 e. The molecule has 0 saturated carbocycles. The lowest BCUT2D eigenvalue weighted by molar-refractivity contribution is 0.153. The van der Waals surface area contributed by atoms with Crippen LogP contribution < -0.4 is 10.6 Å². The summed E-state index contributed by atoms with van der Waals surface area (Å²) in [6.45, 7) is 7.27. The van der Waals surface area contributed by atoms with Gasteiger partial charge in [-0.1, -0.05) is 42.5 Å². The largest absolute Gasteiger partial charge is 0.341 e. The average molecular weight is 645 g/mol. The van der Waals surface area contributed by atoms with Crippen molar-refractivity contribution in [2.75, 3.05) is 26.2 Å². The number of hydrogen-bond acceptors (Lipinski definition) is 6. The summed E-state index contributed by atoms with van der Waals surface area (Å²) in [6.07, 6.45) is 10.6. The summed E-state index contributed by atoms with van der Waals surface area (Å²) >= 11 is 0. The first-order valence-electron chi connectivity index (χ1n) is 16.2. The highest BCUT2D eigenvalue weighted by molar-refractivity contribution is 8.93. The molecule has 8 heteroatoms. The number of hydrogen-bond donors (Lipinski definition) is 3. The fourth-order valence-corrected chi connectivity index (χ4v) is 7.38. The molecular weight excluding hydrogens is 598 g/mol. The van der Waals surface area contributed by atoms with Gasteiger partial charge in [0.25, 0.3) is 0 Å². The van der Waals surface area contributed by atoms with Crippen LogP contribution in [0.2, 0.25) is 0 Å². The zero-order valence-corrected chi connectivity index (χ0v) is 26.9. The molecular formula is C35H46BrN7. The van der Waals surface area contributed by atoms with E-state index in [1.165, 1.54) is 67.6 Å². The molecule has 2 saturated heterocycles. The lowest BCUT2D eigenvalue weighted by atomic mass is 9.90. The standard InChI is InChI=1S/C35H45N7.BrH/c1-2-12-32-31(11-1)39-34(40-32)25-42(33-13-3-7-28-8-4-20-38-35(28)33)22-27-16-14-26(15-17-27)21-41(23-29-9-5-18-36-29)24-30-10-6-19-37-30;/h1-2,4,8,11-12,14-17,20,29-30,33,36-37H,3,5-7,9-10,13,18-19,21-25H2,(H,39,40);1H. The number of pyridine rings is 1. The van der Waals surface area contributed by atoms with Crippen LogP contribution in [-0.2, 0) is 26.1 Å². The zero-order valence-electron chi connectivity index (χ0n) is 25.2. The molecule has 0 amide bonds. The minimum absolute atomic E-state index is 0. The topological polar surface area (TPSA) is 72.1 Å². The Bertz CT molecular complexity index is 1390. The van der Waals surface area contributed by atoms with E-state index in [9.17, 15) is 0 Å². The van der Waals surface area contributed by atoms with Crippen molar-refractivity contribution >= 4 is 28.0 Å². The number of nitrogens with zero attached hydrogens (tertiary/aromatic N) is 4. The van der Waals surface area contributed by atoms with Crippen LogP contribution in [0.3, 0.4) is 0 Å². The number of imidazole rings is 1. The molecule has 0 spiro atoms. The van der Waals surface area contributed by atoms with Gasteiger partial charge < -0.3 is 15.6 Å². The number of aromatic nitrogens is 3. The molecule has 1 aliphatic carbocycles. The van der Waals surface area contributed by atoms with Gasteiger partial charge in [0.1, 0.15) is 5.82 Å². The van der Waals surface area contributed by atoms with Crippen LogP contribution in [0, 0.1) is 0 Å². The van der Waals surface area contributed by atoms with Crippen molar-refractivity contribution in [3.63, 3.8) is 0 Å². The van der Waals surface area contributed by atoms with E-state index in [0.29, 0.717) is 12.1 Å². The Labute approximate surface area is 266 Å². The van der Waals surface area contributed by atoms with Gasteiger partial charge in [-0.15, -0.1) is 17.0 Å². The maximum absolute atomic E-state index is 4.94. The summed E-state index contributed by atoms with van der Waals surface area (Å²) < 4.78 is 0. The second-order valence-electron chi connectivity index (χ2n) is 12.7. The predicted molar refractivity (Wildman–Crippen MR) is 179 cm³/mol. The second kappa shape index (κ2) is 14.4. The first-order chi connectivity index (χ1) is 20.8. The normalized spacial score (nSPS) is 21.9. The third-order valence-electron chi connectivity index (χ3n) is 9.49. The van der Waals surface area contributed by atoms with Gasteiger partial charge in [0, 0.05) is 44.5 Å². The number of rotatable bonds is 11. The van der Waals surface area contributed by atoms with E-state index in [2.05, 4.69) is 86.1 Å². The van der Waals surface area contributed by atoms with Gasteiger partial charge in [0.05, 0.1) is 29.3 Å². The third kappa shape index (κ3) is 7.55. The summed E-state index contributed by atoms with van der Waals surface area (Å²) in [6, 6.07) is 23.6. The fraction of sp³-hybridized carbons (Fsp3) is 0.486. The number of H-pyrrole nitrogens is 1. The van der Waals surface area contributed by atoms with E-state index < -0.39 is 0 Å². The van der Waals surface area contributed by atoms with Crippen molar-refractivity contribution in [2.45, 2.75) is 82.7 Å². The van der Waals surface area contributed by atoms with Crippen molar-refractivity contribution in [3.8, 4) is 0 Å². The maximum atomic E-state index is 4.94. The van der Waals surface area contributed by atoms with Crippen molar-refractivity contribution in [2.24, 2.45) is 0 Å². The summed E-state index contributed by atoms with van der Waals surface area (Å²) in [4.78, 5) is 18.7. The average Bonchev–Trinajstić information content (AvgIpc) is 3.80. The minimum Gasteiger partial charge on any atom is -0.341 e. The highest BCUT2D eigenvalue weighted by Gasteiger charge is 2.28. The van der Waals surface area contributed by atoms with Crippen molar-refractivity contribution < 1.29 is 0 Å². The third-order valence-corrected chi connectivity index (χ3v) is 9.49. The summed E-state index contributed by atoms with van der Waals surface area (Å²) in [5, 5.41) is 7.43. The SMILES string of the molecule is Br.c1cnc2c(c1)CCCC2N(Cc1ccc(CN(CC2CCCN2)CC2CCCN2)cc1)Cc1nc2ccccc2[nH]1. The first kappa shape index (κ1) is 30.4. The first-order valence-corrected chi connectivity index (χ1v) is 16.2. The minimum atomic E-state index is 0.